The summed E-state index contributed by atoms with van der Waals surface area (Å²) in [6, 6.07) is 17.1. The fraction of sp³-hybridized carbons (Fsp3) is 0.406. The lowest BCUT2D eigenvalue weighted by Gasteiger charge is -2.41. The minimum Gasteiger partial charge on any atom is -0.368 e. The second-order valence-corrected chi connectivity index (χ2v) is 11.6. The van der Waals surface area contributed by atoms with Gasteiger partial charge in [0.25, 0.3) is 5.91 Å². The van der Waals surface area contributed by atoms with Gasteiger partial charge in [-0.3, -0.25) is 9.69 Å². The normalized spacial score (nSPS) is 19.6. The van der Waals surface area contributed by atoms with Crippen LogP contribution in [0.3, 0.4) is 0 Å². The number of halogens is 1. The van der Waals surface area contributed by atoms with Crippen molar-refractivity contribution in [3.8, 4) is 0 Å². The predicted octanol–water partition coefficient (Wildman–Crippen LogP) is 5.23. The molecule has 2 saturated heterocycles. The summed E-state index contributed by atoms with van der Waals surface area (Å²) in [5, 5.41) is 0.812. The topological polar surface area (TPSA) is 35.0 Å². The van der Waals surface area contributed by atoms with Gasteiger partial charge in [0.05, 0.1) is 10.7 Å². The summed E-state index contributed by atoms with van der Waals surface area (Å²) in [7, 11) is 2.03. The third-order valence-electron chi connectivity index (χ3n) is 8.84. The average Bonchev–Trinajstić information content (AvgIpc) is 3.53. The summed E-state index contributed by atoms with van der Waals surface area (Å²) in [5.41, 5.74) is 8.30. The van der Waals surface area contributed by atoms with Gasteiger partial charge in [-0.05, 0) is 67.3 Å². The highest BCUT2D eigenvalue weighted by molar-refractivity contribution is 6.33. The van der Waals surface area contributed by atoms with Crippen LogP contribution in [0.1, 0.15) is 39.8 Å². The fourth-order valence-electron chi connectivity index (χ4n) is 6.30. The molecule has 2 aliphatic heterocycles. The average molecular weight is 544 g/mol. The number of piperazine rings is 2. The van der Waals surface area contributed by atoms with Crippen molar-refractivity contribution in [3.63, 3.8) is 0 Å². The Bertz CT molecular complexity index is 1400. The van der Waals surface area contributed by atoms with Gasteiger partial charge in [-0.2, -0.15) is 0 Å². The van der Waals surface area contributed by atoms with Crippen molar-refractivity contribution >= 4 is 35.0 Å². The second kappa shape index (κ2) is 10.7. The molecule has 3 aromatic rings. The number of fused-ring (bicyclic) bond motifs is 1. The number of allylic oxidation sites excluding steroid dienone is 1. The van der Waals surface area contributed by atoms with Crippen LogP contribution in [-0.4, -0.2) is 72.1 Å². The van der Waals surface area contributed by atoms with E-state index in [1.165, 1.54) is 28.1 Å². The van der Waals surface area contributed by atoms with Gasteiger partial charge >= 0.3 is 0 Å². The highest BCUT2D eigenvalue weighted by atomic mass is 35.5. The van der Waals surface area contributed by atoms with Crippen LogP contribution in [0.15, 0.2) is 54.6 Å². The number of para-hydroxylation sites is 1. The Morgan fingerprint density at radius 2 is 1.74 bits per heavy atom. The first-order valence-corrected chi connectivity index (χ1v) is 14.5. The van der Waals surface area contributed by atoms with E-state index < -0.39 is 0 Å². The van der Waals surface area contributed by atoms with E-state index >= 15 is 0 Å². The molecule has 6 nitrogen and oxygen atoms in total. The molecule has 1 amide bonds. The highest BCUT2D eigenvalue weighted by Crippen LogP contribution is 2.29. The van der Waals surface area contributed by atoms with Crippen molar-refractivity contribution in [1.29, 1.82) is 0 Å². The van der Waals surface area contributed by atoms with Crippen LogP contribution in [0.5, 0.6) is 0 Å². The van der Waals surface area contributed by atoms with Crippen molar-refractivity contribution < 1.29 is 4.79 Å². The van der Waals surface area contributed by atoms with Crippen LogP contribution >= 0.6 is 11.6 Å². The molecule has 0 unspecified atom stereocenters. The zero-order chi connectivity index (χ0) is 27.1. The minimum atomic E-state index is 0.138. The van der Waals surface area contributed by atoms with E-state index in [2.05, 4.69) is 80.5 Å². The van der Waals surface area contributed by atoms with E-state index in [9.17, 15) is 4.79 Å². The lowest BCUT2D eigenvalue weighted by atomic mass is 10.1. The summed E-state index contributed by atoms with van der Waals surface area (Å²) in [6.07, 6.45) is 5.48. The molecular weight excluding hydrogens is 506 g/mol. The van der Waals surface area contributed by atoms with Gasteiger partial charge in [0.15, 0.2) is 0 Å². The number of hydrogen-bond donors (Lipinski definition) is 0. The number of amides is 1. The van der Waals surface area contributed by atoms with Crippen molar-refractivity contribution in [2.75, 3.05) is 55.6 Å². The van der Waals surface area contributed by atoms with Crippen molar-refractivity contribution in [3.05, 3.63) is 87.7 Å². The van der Waals surface area contributed by atoms with E-state index in [1.54, 1.807) is 0 Å². The molecule has 2 aromatic carbocycles. The third kappa shape index (κ3) is 5.08. The Morgan fingerprint density at radius 1 is 0.974 bits per heavy atom. The minimum absolute atomic E-state index is 0.138. The van der Waals surface area contributed by atoms with Gasteiger partial charge in [0.1, 0.15) is 5.69 Å². The highest BCUT2D eigenvalue weighted by Gasteiger charge is 2.31. The SMILES string of the molecule is Cc1c(CN2CCN(c3ccccc3Cl)CC2)cc(C(=O)N2CCN(c3ccc4c(c3)C=CC4)C[C@@H]2C)n1C. The smallest absolute Gasteiger partial charge is 0.270 e. The molecule has 0 spiro atoms. The van der Waals surface area contributed by atoms with Crippen molar-refractivity contribution in [2.24, 2.45) is 7.05 Å². The molecule has 0 saturated carbocycles. The number of nitrogens with zero attached hydrogens (tertiary/aromatic N) is 5. The second-order valence-electron chi connectivity index (χ2n) is 11.2. The Kier molecular flexibility index (Phi) is 7.17. The Hall–Kier alpha value is -3.22. The van der Waals surface area contributed by atoms with Gasteiger partial charge in [-0.1, -0.05) is 42.0 Å². The number of benzene rings is 2. The molecule has 7 heteroatoms. The predicted molar refractivity (Wildman–Crippen MR) is 161 cm³/mol. The molecule has 3 heterocycles. The summed E-state index contributed by atoms with van der Waals surface area (Å²) in [6.45, 7) is 11.4. The zero-order valence-electron chi connectivity index (χ0n) is 23.2. The Balaban J connectivity index is 1.09. The third-order valence-corrected chi connectivity index (χ3v) is 9.16. The fourth-order valence-corrected chi connectivity index (χ4v) is 6.55. The molecule has 6 rings (SSSR count). The van der Waals surface area contributed by atoms with Gasteiger partial charge in [0.2, 0.25) is 0 Å². The van der Waals surface area contributed by atoms with Crippen LogP contribution in [0.25, 0.3) is 6.08 Å². The van der Waals surface area contributed by atoms with Crippen LogP contribution < -0.4 is 9.80 Å². The Labute approximate surface area is 237 Å². The number of aromatic nitrogens is 1. The molecule has 204 valence electrons. The van der Waals surface area contributed by atoms with Gasteiger partial charge in [-0.15, -0.1) is 0 Å². The van der Waals surface area contributed by atoms with Gasteiger partial charge in [0, 0.05) is 76.8 Å². The number of carbonyl (C=O) groups excluding carboxylic acids is 1. The summed E-state index contributed by atoms with van der Waals surface area (Å²) < 4.78 is 2.09. The monoisotopic (exact) mass is 543 g/mol. The largest absolute Gasteiger partial charge is 0.368 e. The summed E-state index contributed by atoms with van der Waals surface area (Å²) in [4.78, 5) is 23.1. The zero-order valence-corrected chi connectivity index (χ0v) is 24.0. The molecule has 1 aromatic heterocycles. The number of rotatable bonds is 5. The molecule has 3 aliphatic rings. The summed E-state index contributed by atoms with van der Waals surface area (Å²) in [5.74, 6) is 0.138. The molecular formula is C32H38ClN5O. The van der Waals surface area contributed by atoms with Crippen LogP contribution in [0, 0.1) is 6.92 Å². The maximum absolute atomic E-state index is 13.8. The Morgan fingerprint density at radius 3 is 2.51 bits per heavy atom. The van der Waals surface area contributed by atoms with E-state index in [1.807, 2.05) is 25.2 Å². The maximum Gasteiger partial charge on any atom is 0.270 e. The van der Waals surface area contributed by atoms with Gasteiger partial charge in [-0.25, -0.2) is 0 Å². The van der Waals surface area contributed by atoms with E-state index in [4.69, 9.17) is 11.6 Å². The molecule has 1 atom stereocenters. The van der Waals surface area contributed by atoms with Crippen molar-refractivity contribution in [1.82, 2.24) is 14.4 Å². The lowest BCUT2D eigenvalue weighted by molar-refractivity contribution is 0.0664. The summed E-state index contributed by atoms with van der Waals surface area (Å²) >= 11 is 6.43. The molecule has 0 radical (unpaired) electrons. The van der Waals surface area contributed by atoms with E-state index in [0.29, 0.717) is 0 Å². The number of carbonyl (C=O) groups is 1. The maximum atomic E-state index is 13.8. The molecule has 2 fully saturated rings. The van der Waals surface area contributed by atoms with Crippen LogP contribution in [-0.2, 0) is 20.0 Å². The van der Waals surface area contributed by atoms with E-state index in [-0.39, 0.29) is 11.9 Å². The number of hydrogen-bond acceptors (Lipinski definition) is 4. The lowest BCUT2D eigenvalue weighted by Crippen LogP contribution is -2.54. The first kappa shape index (κ1) is 26.0. The van der Waals surface area contributed by atoms with Crippen LogP contribution in [0.2, 0.25) is 5.02 Å². The molecule has 39 heavy (non-hydrogen) atoms. The molecule has 0 N–H and O–H groups in total. The van der Waals surface area contributed by atoms with Crippen LogP contribution in [0.4, 0.5) is 11.4 Å². The van der Waals surface area contributed by atoms with Crippen molar-refractivity contribution in [2.45, 2.75) is 32.9 Å². The first-order chi connectivity index (χ1) is 18.9. The standard InChI is InChI=1S/C32H38ClN5O/c1-23-21-37(28-12-11-25-7-6-8-26(25)19-28)17-18-38(23)32(39)31-20-27(24(2)34(31)3)22-35-13-15-36(16-14-35)30-10-5-4-9-29(30)33/h4-6,8-12,19-20,23H,7,13-18,21-22H2,1-3H3/t23-/m0/s1. The first-order valence-electron chi connectivity index (χ1n) is 14.1. The quantitative estimate of drug-likeness (QED) is 0.441. The molecule has 1 aliphatic carbocycles. The van der Waals surface area contributed by atoms with Gasteiger partial charge < -0.3 is 19.3 Å². The van der Waals surface area contributed by atoms with E-state index in [0.717, 1.165) is 75.2 Å². The molecule has 0 bridgehead atoms. The number of anilines is 2.